The third-order valence-electron chi connectivity index (χ3n) is 5.87. The Labute approximate surface area is 187 Å². The average molecular weight is 456 g/mol. The number of amides is 1. The molecule has 10 heteroatoms. The van der Waals surface area contributed by atoms with E-state index in [4.69, 9.17) is 14.9 Å². The molecule has 0 bridgehead atoms. The number of ether oxygens (including phenoxy) is 1. The van der Waals surface area contributed by atoms with E-state index >= 15 is 0 Å². The van der Waals surface area contributed by atoms with Crippen LogP contribution in [0.3, 0.4) is 0 Å². The summed E-state index contributed by atoms with van der Waals surface area (Å²) in [6, 6.07) is 8.27. The molecule has 2 aromatic carbocycles. The molecule has 2 heterocycles. The van der Waals surface area contributed by atoms with Crippen molar-refractivity contribution in [3.05, 3.63) is 58.1 Å². The Hall–Kier alpha value is -3.55. The Kier molecular flexibility index (Phi) is 6.26. The predicted octanol–water partition coefficient (Wildman–Crippen LogP) is 2.09. The summed E-state index contributed by atoms with van der Waals surface area (Å²) in [5.41, 5.74) is 6.54. The third kappa shape index (κ3) is 4.51. The van der Waals surface area contributed by atoms with Gasteiger partial charge >= 0.3 is 5.76 Å². The topological polar surface area (TPSA) is 114 Å². The molecule has 3 aromatic rings. The maximum absolute atomic E-state index is 15.0. The number of nitrogens with two attached hydrogens (primary N) is 1. The van der Waals surface area contributed by atoms with E-state index in [0.717, 1.165) is 6.07 Å². The van der Waals surface area contributed by atoms with Crippen LogP contribution in [0.1, 0.15) is 12.0 Å². The molecule has 2 atom stereocenters. The van der Waals surface area contributed by atoms with Gasteiger partial charge in [0.1, 0.15) is 23.8 Å². The molecule has 33 heavy (non-hydrogen) atoms. The molecule has 8 nitrogen and oxygen atoms in total. The highest BCUT2D eigenvalue weighted by Gasteiger charge is 2.28. The summed E-state index contributed by atoms with van der Waals surface area (Å²) in [5.74, 6) is -2.47. The number of oxazole rings is 1. The van der Waals surface area contributed by atoms with Crippen molar-refractivity contribution in [2.45, 2.75) is 25.0 Å². The van der Waals surface area contributed by atoms with Crippen molar-refractivity contribution in [2.24, 2.45) is 12.8 Å². The van der Waals surface area contributed by atoms with E-state index < -0.39 is 35.4 Å². The van der Waals surface area contributed by atoms with Gasteiger partial charge in [-0.25, -0.2) is 13.6 Å². The number of aromatic nitrogens is 1. The van der Waals surface area contributed by atoms with Crippen molar-refractivity contribution in [1.29, 1.82) is 5.26 Å². The Bertz CT molecular complexity index is 1310. The van der Waals surface area contributed by atoms with E-state index in [2.05, 4.69) is 6.07 Å². The SMILES string of the molecule is Cn1c(=O)oc2cc(F)c(-c3ccc(C[C@@H](C#N)N4CCCO[C@H](C(N)=O)C4)c(F)c3)cc21. The lowest BCUT2D eigenvalue weighted by molar-refractivity contribution is -0.129. The van der Waals surface area contributed by atoms with Gasteiger partial charge in [-0.3, -0.25) is 14.3 Å². The number of hydrogen-bond donors (Lipinski definition) is 1. The molecule has 0 aliphatic carbocycles. The fraction of sp³-hybridized carbons (Fsp3) is 0.348. The van der Waals surface area contributed by atoms with Crippen LogP contribution >= 0.6 is 0 Å². The van der Waals surface area contributed by atoms with Crippen molar-refractivity contribution in [3.8, 4) is 17.2 Å². The minimum atomic E-state index is -0.827. The fourth-order valence-corrected chi connectivity index (χ4v) is 4.02. The molecule has 1 amide bonds. The van der Waals surface area contributed by atoms with E-state index in [-0.39, 0.29) is 35.2 Å². The number of halogens is 2. The van der Waals surface area contributed by atoms with Gasteiger partial charge in [0.2, 0.25) is 5.91 Å². The van der Waals surface area contributed by atoms with Gasteiger partial charge in [0.25, 0.3) is 0 Å². The molecule has 0 unspecified atom stereocenters. The van der Waals surface area contributed by atoms with Crippen molar-refractivity contribution in [2.75, 3.05) is 19.7 Å². The van der Waals surface area contributed by atoms with E-state index in [9.17, 15) is 23.6 Å². The van der Waals surface area contributed by atoms with Crippen LogP contribution in [0, 0.1) is 23.0 Å². The quantitative estimate of drug-likeness (QED) is 0.629. The van der Waals surface area contributed by atoms with Crippen LogP contribution in [0.4, 0.5) is 8.78 Å². The molecule has 1 fully saturated rings. The van der Waals surface area contributed by atoms with Crippen LogP contribution < -0.4 is 11.5 Å². The van der Waals surface area contributed by atoms with Gasteiger partial charge in [-0.1, -0.05) is 12.1 Å². The summed E-state index contributed by atoms with van der Waals surface area (Å²) in [5, 5.41) is 9.69. The second-order valence-corrected chi connectivity index (χ2v) is 7.99. The predicted molar refractivity (Wildman–Crippen MR) is 115 cm³/mol. The van der Waals surface area contributed by atoms with Gasteiger partial charge in [0.05, 0.1) is 11.6 Å². The van der Waals surface area contributed by atoms with E-state index in [1.54, 1.807) is 11.0 Å². The fourth-order valence-electron chi connectivity index (χ4n) is 4.02. The first-order chi connectivity index (χ1) is 15.8. The van der Waals surface area contributed by atoms with Gasteiger partial charge in [0, 0.05) is 44.8 Å². The van der Waals surface area contributed by atoms with Crippen LogP contribution in [-0.4, -0.2) is 47.2 Å². The Morgan fingerprint density at radius 2 is 2.09 bits per heavy atom. The molecule has 0 radical (unpaired) electrons. The molecule has 1 saturated heterocycles. The highest BCUT2D eigenvalue weighted by Crippen LogP contribution is 2.29. The molecular weight excluding hydrogens is 434 g/mol. The monoisotopic (exact) mass is 456 g/mol. The number of nitriles is 1. The minimum absolute atomic E-state index is 0.0752. The number of fused-ring (bicyclic) bond motifs is 1. The first kappa shape index (κ1) is 22.6. The highest BCUT2D eigenvalue weighted by atomic mass is 19.1. The number of carbonyl (C=O) groups is 1. The van der Waals surface area contributed by atoms with Crippen molar-refractivity contribution < 1.29 is 22.7 Å². The maximum Gasteiger partial charge on any atom is 0.419 e. The number of primary amides is 1. The molecule has 172 valence electrons. The maximum atomic E-state index is 15.0. The van der Waals surface area contributed by atoms with Gasteiger partial charge in [-0.2, -0.15) is 5.26 Å². The number of aryl methyl sites for hydroxylation is 1. The number of rotatable bonds is 5. The van der Waals surface area contributed by atoms with Crippen molar-refractivity contribution in [1.82, 2.24) is 9.47 Å². The standard InChI is InChI=1S/C23H22F2N4O4/c1-28-19-9-16(18(25)10-20(19)33-23(28)31)13-3-4-14(17(24)8-13)7-15(11-26)29-5-2-6-32-21(12-29)22(27)30/h3-4,8-10,15,21H,2,5-7,12H2,1H3,(H2,27,30)/t15-,21-/m0/s1. The zero-order valence-electron chi connectivity index (χ0n) is 17.9. The molecule has 2 N–H and O–H groups in total. The number of benzene rings is 2. The molecule has 0 saturated carbocycles. The minimum Gasteiger partial charge on any atom is -0.408 e. The molecule has 4 rings (SSSR count). The molecule has 1 aliphatic rings. The Morgan fingerprint density at radius 3 is 2.79 bits per heavy atom. The summed E-state index contributed by atoms with van der Waals surface area (Å²) in [6.07, 6.45) is -0.139. The number of nitrogens with zero attached hydrogens (tertiary/aromatic N) is 3. The summed E-state index contributed by atoms with van der Waals surface area (Å²) >= 11 is 0. The van der Waals surface area contributed by atoms with Crippen LogP contribution in [0.5, 0.6) is 0 Å². The van der Waals surface area contributed by atoms with Crippen molar-refractivity contribution >= 4 is 17.0 Å². The molecule has 0 spiro atoms. The second kappa shape index (κ2) is 9.13. The zero-order valence-corrected chi connectivity index (χ0v) is 17.9. The van der Waals surface area contributed by atoms with Gasteiger partial charge in [-0.15, -0.1) is 0 Å². The van der Waals surface area contributed by atoms with Crippen LogP contribution in [0.15, 0.2) is 39.5 Å². The number of hydrogen-bond acceptors (Lipinski definition) is 6. The first-order valence-corrected chi connectivity index (χ1v) is 10.4. The second-order valence-electron chi connectivity index (χ2n) is 7.99. The summed E-state index contributed by atoms with van der Waals surface area (Å²) in [6.45, 7) is 1.02. The summed E-state index contributed by atoms with van der Waals surface area (Å²) in [7, 11) is 1.50. The van der Waals surface area contributed by atoms with Crippen LogP contribution in [0.25, 0.3) is 22.2 Å². The molecular formula is C23H22F2N4O4. The van der Waals surface area contributed by atoms with E-state index in [0.29, 0.717) is 25.1 Å². The third-order valence-corrected chi connectivity index (χ3v) is 5.87. The van der Waals surface area contributed by atoms with Crippen LogP contribution in [-0.2, 0) is 23.0 Å². The Balaban J connectivity index is 1.60. The largest absolute Gasteiger partial charge is 0.419 e. The Morgan fingerprint density at radius 1 is 1.30 bits per heavy atom. The highest BCUT2D eigenvalue weighted by molar-refractivity contribution is 5.81. The molecule has 1 aliphatic heterocycles. The lowest BCUT2D eigenvalue weighted by atomic mass is 9.99. The summed E-state index contributed by atoms with van der Waals surface area (Å²) < 4.78 is 41.3. The average Bonchev–Trinajstić information content (AvgIpc) is 2.95. The summed E-state index contributed by atoms with van der Waals surface area (Å²) in [4.78, 5) is 25.0. The smallest absolute Gasteiger partial charge is 0.408 e. The van der Waals surface area contributed by atoms with Crippen molar-refractivity contribution in [3.63, 3.8) is 0 Å². The van der Waals surface area contributed by atoms with Gasteiger partial charge in [-0.05, 0) is 29.7 Å². The van der Waals surface area contributed by atoms with Gasteiger partial charge < -0.3 is 14.9 Å². The van der Waals surface area contributed by atoms with Crippen LogP contribution in [0.2, 0.25) is 0 Å². The van der Waals surface area contributed by atoms with E-state index in [1.165, 1.54) is 29.8 Å². The zero-order chi connectivity index (χ0) is 23.7. The number of carbonyl (C=O) groups excluding carboxylic acids is 1. The lowest BCUT2D eigenvalue weighted by Crippen LogP contribution is -2.45. The van der Waals surface area contributed by atoms with E-state index in [1.807, 2.05) is 0 Å². The molecule has 1 aromatic heterocycles. The normalized spacial score (nSPS) is 18.1. The lowest BCUT2D eigenvalue weighted by Gasteiger charge is -2.27. The van der Waals surface area contributed by atoms with Gasteiger partial charge in [0.15, 0.2) is 5.58 Å². The first-order valence-electron chi connectivity index (χ1n) is 10.4.